The van der Waals surface area contributed by atoms with Gasteiger partial charge in [-0.05, 0) is 24.3 Å². The fraction of sp³-hybridized carbons (Fsp3) is 0.250. The van der Waals surface area contributed by atoms with E-state index in [0.29, 0.717) is 5.69 Å². The minimum atomic E-state index is 0.0658. The Morgan fingerprint density at radius 1 is 1.22 bits per heavy atom. The Hall–Kier alpha value is -1.86. The molecule has 0 atom stereocenters. The summed E-state index contributed by atoms with van der Waals surface area (Å²) in [6.07, 6.45) is 1.82. The first-order chi connectivity index (χ1) is 11.2. The Morgan fingerprint density at radius 2 is 2.04 bits per heavy atom. The number of aromatic amines is 1. The minimum absolute atomic E-state index is 0.0658. The predicted octanol–water partition coefficient (Wildman–Crippen LogP) is 3.35. The number of anilines is 1. The van der Waals surface area contributed by atoms with Crippen LogP contribution in [0, 0.1) is 0 Å². The number of H-pyrrole nitrogens is 1. The van der Waals surface area contributed by atoms with E-state index in [-0.39, 0.29) is 5.91 Å². The van der Waals surface area contributed by atoms with Gasteiger partial charge in [0.05, 0.1) is 0 Å². The topological polar surface area (TPSA) is 52.2 Å². The maximum atomic E-state index is 12.7. The van der Waals surface area contributed by atoms with E-state index >= 15 is 0 Å². The highest BCUT2D eigenvalue weighted by Crippen LogP contribution is 2.23. The molecule has 118 valence electrons. The summed E-state index contributed by atoms with van der Waals surface area (Å²) in [7, 11) is 0. The van der Waals surface area contributed by atoms with Crippen molar-refractivity contribution in [3.05, 3.63) is 46.0 Å². The van der Waals surface area contributed by atoms with Gasteiger partial charge in [0.25, 0.3) is 5.91 Å². The number of halogens is 1. The lowest BCUT2D eigenvalue weighted by Crippen LogP contribution is -2.48. The van der Waals surface area contributed by atoms with Crippen LogP contribution in [0.3, 0.4) is 0 Å². The summed E-state index contributed by atoms with van der Waals surface area (Å²) < 4.78 is 1.01. The summed E-state index contributed by atoms with van der Waals surface area (Å²) in [6.45, 7) is 3.09. The fourth-order valence-electron chi connectivity index (χ4n) is 2.86. The maximum Gasteiger partial charge on any atom is 0.270 e. The zero-order valence-corrected chi connectivity index (χ0v) is 14.7. The number of rotatable bonds is 2. The van der Waals surface area contributed by atoms with E-state index in [2.05, 4.69) is 30.8 Å². The van der Waals surface area contributed by atoms with Gasteiger partial charge >= 0.3 is 0 Å². The van der Waals surface area contributed by atoms with E-state index in [1.165, 1.54) is 0 Å². The summed E-state index contributed by atoms with van der Waals surface area (Å²) in [4.78, 5) is 24.4. The molecule has 1 aliphatic heterocycles. The van der Waals surface area contributed by atoms with Crippen LogP contribution in [0.15, 0.2) is 40.3 Å². The molecule has 1 aliphatic rings. The van der Waals surface area contributed by atoms with Crippen molar-refractivity contribution in [2.45, 2.75) is 0 Å². The monoisotopic (exact) mass is 390 g/mol. The van der Waals surface area contributed by atoms with Crippen LogP contribution in [0.5, 0.6) is 0 Å². The molecule has 1 N–H and O–H groups in total. The van der Waals surface area contributed by atoms with Crippen molar-refractivity contribution in [3.8, 4) is 0 Å². The molecule has 4 rings (SSSR count). The van der Waals surface area contributed by atoms with Gasteiger partial charge in [-0.25, -0.2) is 4.98 Å². The first kappa shape index (κ1) is 14.7. The highest BCUT2D eigenvalue weighted by atomic mass is 79.9. The third-order valence-corrected chi connectivity index (χ3v) is 5.40. The molecule has 2 aromatic heterocycles. The smallest absolute Gasteiger partial charge is 0.270 e. The maximum absolute atomic E-state index is 12.7. The number of hydrogen-bond donors (Lipinski definition) is 1. The second-order valence-corrected chi connectivity index (χ2v) is 7.30. The molecule has 1 aromatic carbocycles. The summed E-state index contributed by atoms with van der Waals surface area (Å²) in [5.74, 6) is 0.0658. The Labute approximate surface area is 146 Å². The standard InChI is InChI=1S/C16H15BrN4OS/c17-12-1-2-13-11(9-12)10-14(19-13)15(22)20-4-6-21(7-5-20)16-18-3-8-23-16/h1-3,8-10,19H,4-7H2. The number of hydrogen-bond acceptors (Lipinski definition) is 4. The number of carbonyl (C=O) groups is 1. The van der Waals surface area contributed by atoms with Gasteiger partial charge in [-0.2, -0.15) is 0 Å². The largest absolute Gasteiger partial charge is 0.351 e. The fourth-order valence-corrected chi connectivity index (χ4v) is 3.94. The van der Waals surface area contributed by atoms with Crippen molar-refractivity contribution >= 4 is 49.2 Å². The second-order valence-electron chi connectivity index (χ2n) is 5.51. The summed E-state index contributed by atoms with van der Waals surface area (Å²) in [5, 5.41) is 4.06. The van der Waals surface area contributed by atoms with Crippen molar-refractivity contribution in [3.63, 3.8) is 0 Å². The summed E-state index contributed by atoms with van der Waals surface area (Å²) >= 11 is 5.10. The lowest BCUT2D eigenvalue weighted by molar-refractivity contribution is 0.0742. The average Bonchev–Trinajstić information content (AvgIpc) is 3.23. The van der Waals surface area contributed by atoms with E-state index in [1.807, 2.05) is 40.7 Å². The van der Waals surface area contributed by atoms with Gasteiger partial charge in [0.15, 0.2) is 5.13 Å². The zero-order chi connectivity index (χ0) is 15.8. The number of benzene rings is 1. The minimum Gasteiger partial charge on any atom is -0.351 e. The van der Waals surface area contributed by atoms with E-state index in [9.17, 15) is 4.79 Å². The van der Waals surface area contributed by atoms with Gasteiger partial charge in [-0.1, -0.05) is 15.9 Å². The quantitative estimate of drug-likeness (QED) is 0.729. The van der Waals surface area contributed by atoms with E-state index in [0.717, 1.165) is 46.7 Å². The molecule has 0 spiro atoms. The first-order valence-electron chi connectivity index (χ1n) is 7.43. The normalized spacial score (nSPS) is 15.3. The van der Waals surface area contributed by atoms with Gasteiger partial charge in [-0.3, -0.25) is 4.79 Å². The van der Waals surface area contributed by atoms with E-state index in [4.69, 9.17) is 0 Å². The highest BCUT2D eigenvalue weighted by Gasteiger charge is 2.24. The number of piperazine rings is 1. The van der Waals surface area contributed by atoms with E-state index in [1.54, 1.807) is 11.3 Å². The van der Waals surface area contributed by atoms with Gasteiger partial charge in [-0.15, -0.1) is 11.3 Å². The number of carbonyl (C=O) groups excluding carboxylic acids is 1. The molecule has 0 bridgehead atoms. The summed E-state index contributed by atoms with van der Waals surface area (Å²) in [5.41, 5.74) is 1.64. The average molecular weight is 391 g/mol. The van der Waals surface area contributed by atoms with Crippen LogP contribution < -0.4 is 4.90 Å². The van der Waals surface area contributed by atoms with Crippen molar-refractivity contribution in [2.24, 2.45) is 0 Å². The SMILES string of the molecule is O=C(c1cc2cc(Br)ccc2[nH]1)N1CCN(c2nccs2)CC1. The van der Waals surface area contributed by atoms with Crippen LogP contribution in [0.4, 0.5) is 5.13 Å². The number of thiazole rings is 1. The molecule has 23 heavy (non-hydrogen) atoms. The molecular formula is C16H15BrN4OS. The van der Waals surface area contributed by atoms with Gasteiger partial charge in [0.2, 0.25) is 0 Å². The first-order valence-corrected chi connectivity index (χ1v) is 9.10. The molecule has 1 saturated heterocycles. The van der Waals surface area contributed by atoms with Gasteiger partial charge < -0.3 is 14.8 Å². The number of nitrogens with zero attached hydrogens (tertiary/aromatic N) is 3. The molecule has 0 aliphatic carbocycles. The number of aromatic nitrogens is 2. The second kappa shape index (κ2) is 5.98. The van der Waals surface area contributed by atoms with Crippen molar-refractivity contribution in [2.75, 3.05) is 31.1 Å². The third kappa shape index (κ3) is 2.86. The Morgan fingerprint density at radius 3 is 2.78 bits per heavy atom. The third-order valence-electron chi connectivity index (χ3n) is 4.07. The predicted molar refractivity (Wildman–Crippen MR) is 96.2 cm³/mol. The van der Waals surface area contributed by atoms with Crippen molar-refractivity contribution in [1.29, 1.82) is 0 Å². The van der Waals surface area contributed by atoms with Gasteiger partial charge in [0, 0.05) is 53.1 Å². The Kier molecular flexibility index (Phi) is 3.82. The number of nitrogens with one attached hydrogen (secondary N) is 1. The molecule has 5 nitrogen and oxygen atoms in total. The molecule has 1 fully saturated rings. The molecular weight excluding hydrogens is 376 g/mol. The highest BCUT2D eigenvalue weighted by molar-refractivity contribution is 9.10. The lowest BCUT2D eigenvalue weighted by Gasteiger charge is -2.34. The molecule has 7 heteroatoms. The molecule has 1 amide bonds. The van der Waals surface area contributed by atoms with Crippen LogP contribution in [0.2, 0.25) is 0 Å². The zero-order valence-electron chi connectivity index (χ0n) is 12.3. The van der Waals surface area contributed by atoms with Crippen LogP contribution >= 0.6 is 27.3 Å². The van der Waals surface area contributed by atoms with Crippen LogP contribution in [-0.4, -0.2) is 47.0 Å². The van der Waals surface area contributed by atoms with Crippen molar-refractivity contribution in [1.82, 2.24) is 14.9 Å². The number of amides is 1. The Bertz CT molecular complexity index is 837. The van der Waals surface area contributed by atoms with Crippen molar-refractivity contribution < 1.29 is 4.79 Å². The van der Waals surface area contributed by atoms with Crippen LogP contribution in [-0.2, 0) is 0 Å². The van der Waals surface area contributed by atoms with E-state index < -0.39 is 0 Å². The van der Waals surface area contributed by atoms with Crippen LogP contribution in [0.1, 0.15) is 10.5 Å². The molecule has 3 aromatic rings. The molecule has 3 heterocycles. The van der Waals surface area contributed by atoms with Crippen LogP contribution in [0.25, 0.3) is 10.9 Å². The van der Waals surface area contributed by atoms with Gasteiger partial charge in [0.1, 0.15) is 5.69 Å². The lowest BCUT2D eigenvalue weighted by atomic mass is 10.2. The summed E-state index contributed by atoms with van der Waals surface area (Å²) in [6, 6.07) is 7.90. The Balaban J connectivity index is 1.48. The number of fused-ring (bicyclic) bond motifs is 1. The molecule has 0 unspecified atom stereocenters. The molecule has 0 radical (unpaired) electrons. The molecule has 0 saturated carbocycles.